The van der Waals surface area contributed by atoms with Crippen LogP contribution in [-0.2, 0) is 0 Å². The Morgan fingerprint density at radius 3 is 2.32 bits per heavy atom. The van der Waals surface area contributed by atoms with Gasteiger partial charge >= 0.3 is 0 Å². The highest BCUT2D eigenvalue weighted by Gasteiger charge is 2.22. The second kappa shape index (κ2) is 6.27. The van der Waals surface area contributed by atoms with Gasteiger partial charge in [-0.15, -0.1) is 0 Å². The van der Waals surface area contributed by atoms with Crippen molar-refractivity contribution in [1.82, 2.24) is 5.32 Å². The summed E-state index contributed by atoms with van der Waals surface area (Å²) in [6, 6.07) is 6.12. The zero-order valence-electron chi connectivity index (χ0n) is 12.9. The van der Waals surface area contributed by atoms with Crippen LogP contribution >= 0.6 is 15.9 Å². The molecule has 0 fully saturated rings. The summed E-state index contributed by atoms with van der Waals surface area (Å²) in [6.45, 7) is 14.7. The molecule has 0 aliphatic carbocycles. The number of rotatable bonds is 5. The van der Waals surface area contributed by atoms with Crippen LogP contribution in [0.25, 0.3) is 0 Å². The van der Waals surface area contributed by atoms with Crippen molar-refractivity contribution < 1.29 is 4.74 Å². The van der Waals surface area contributed by atoms with Crippen LogP contribution in [0.4, 0.5) is 0 Å². The van der Waals surface area contributed by atoms with E-state index in [9.17, 15) is 0 Å². The summed E-state index contributed by atoms with van der Waals surface area (Å²) in [7, 11) is 0. The number of aryl methyl sites for hydroxylation is 1. The minimum absolute atomic E-state index is 0.104. The van der Waals surface area contributed by atoms with Crippen LogP contribution < -0.4 is 10.1 Å². The lowest BCUT2D eigenvalue weighted by Crippen LogP contribution is -2.43. The van der Waals surface area contributed by atoms with Gasteiger partial charge in [0.15, 0.2) is 0 Å². The van der Waals surface area contributed by atoms with Gasteiger partial charge in [-0.05, 0) is 51.5 Å². The average Bonchev–Trinajstić information content (AvgIpc) is 2.25. The fourth-order valence-electron chi connectivity index (χ4n) is 1.60. The van der Waals surface area contributed by atoms with Gasteiger partial charge in [-0.25, -0.2) is 0 Å². The van der Waals surface area contributed by atoms with E-state index in [0.29, 0.717) is 6.61 Å². The molecule has 0 amide bonds. The minimum Gasteiger partial charge on any atom is -0.493 e. The van der Waals surface area contributed by atoms with Gasteiger partial charge in [0, 0.05) is 22.0 Å². The summed E-state index contributed by atoms with van der Waals surface area (Å²) >= 11 is 3.47. The number of hydrogen-bond acceptors (Lipinski definition) is 2. The lowest BCUT2D eigenvalue weighted by molar-refractivity contribution is 0.165. The Hall–Kier alpha value is -0.540. The molecule has 1 aromatic rings. The van der Waals surface area contributed by atoms with Crippen LogP contribution in [0.3, 0.4) is 0 Å². The quantitative estimate of drug-likeness (QED) is 0.856. The molecule has 19 heavy (non-hydrogen) atoms. The number of halogens is 1. The van der Waals surface area contributed by atoms with Crippen molar-refractivity contribution in [1.29, 1.82) is 0 Å². The second-order valence-corrected chi connectivity index (χ2v) is 7.88. The van der Waals surface area contributed by atoms with E-state index in [-0.39, 0.29) is 11.0 Å². The smallest absolute Gasteiger partial charge is 0.122 e. The Morgan fingerprint density at radius 2 is 1.79 bits per heavy atom. The third kappa shape index (κ3) is 6.44. The summed E-state index contributed by atoms with van der Waals surface area (Å²) in [5.41, 5.74) is 1.41. The molecule has 0 unspecified atom stereocenters. The first kappa shape index (κ1) is 16.5. The Kier molecular flexibility index (Phi) is 5.45. The van der Waals surface area contributed by atoms with E-state index < -0.39 is 0 Å². The molecule has 108 valence electrons. The Morgan fingerprint density at radius 1 is 1.16 bits per heavy atom. The molecule has 0 radical (unpaired) electrons. The largest absolute Gasteiger partial charge is 0.493 e. The molecular weight excluding hydrogens is 302 g/mol. The van der Waals surface area contributed by atoms with Crippen molar-refractivity contribution in [3.05, 3.63) is 28.2 Å². The molecule has 1 rings (SSSR count). The Bertz CT molecular complexity index is 421. The van der Waals surface area contributed by atoms with Crippen molar-refractivity contribution in [2.24, 2.45) is 5.41 Å². The van der Waals surface area contributed by atoms with Gasteiger partial charge in [-0.3, -0.25) is 0 Å². The van der Waals surface area contributed by atoms with E-state index in [1.54, 1.807) is 0 Å². The van der Waals surface area contributed by atoms with Crippen molar-refractivity contribution in [3.63, 3.8) is 0 Å². The van der Waals surface area contributed by atoms with Crippen LogP contribution in [-0.4, -0.2) is 18.7 Å². The molecule has 0 saturated heterocycles. The van der Waals surface area contributed by atoms with E-state index in [2.05, 4.69) is 68.9 Å². The summed E-state index contributed by atoms with van der Waals surface area (Å²) < 4.78 is 7.05. The Balaban J connectivity index is 2.55. The molecule has 0 bridgehead atoms. The van der Waals surface area contributed by atoms with Crippen LogP contribution in [0.1, 0.15) is 40.2 Å². The molecule has 1 aromatic carbocycles. The van der Waals surface area contributed by atoms with Crippen LogP contribution in [0.2, 0.25) is 0 Å². The third-order valence-electron chi connectivity index (χ3n) is 2.85. The fourth-order valence-corrected chi connectivity index (χ4v) is 2.08. The van der Waals surface area contributed by atoms with Gasteiger partial charge in [0.1, 0.15) is 5.75 Å². The lowest BCUT2D eigenvalue weighted by atomic mass is 9.93. The van der Waals surface area contributed by atoms with Crippen LogP contribution in [0.15, 0.2) is 22.7 Å². The molecular formula is C16H26BrNO. The molecule has 0 aliphatic rings. The monoisotopic (exact) mass is 327 g/mol. The molecule has 0 heterocycles. The first-order valence-corrected chi connectivity index (χ1v) is 7.52. The summed E-state index contributed by atoms with van der Waals surface area (Å²) in [5, 5.41) is 3.53. The molecule has 1 N–H and O–H groups in total. The third-order valence-corrected chi connectivity index (χ3v) is 3.35. The van der Waals surface area contributed by atoms with Gasteiger partial charge in [-0.1, -0.05) is 29.8 Å². The predicted octanol–water partition coefficient (Wildman–Crippen LogP) is 4.55. The van der Waals surface area contributed by atoms with Crippen molar-refractivity contribution >= 4 is 15.9 Å². The van der Waals surface area contributed by atoms with E-state index in [0.717, 1.165) is 22.3 Å². The maximum atomic E-state index is 5.96. The molecule has 2 nitrogen and oxygen atoms in total. The van der Waals surface area contributed by atoms with E-state index in [1.807, 2.05) is 12.1 Å². The SMILES string of the molecule is Cc1cc(Br)ccc1OCC(C)(C)CNC(C)(C)C. The van der Waals surface area contributed by atoms with Gasteiger partial charge in [0.2, 0.25) is 0 Å². The molecule has 0 atom stereocenters. The van der Waals surface area contributed by atoms with Gasteiger partial charge in [-0.2, -0.15) is 0 Å². The highest BCUT2D eigenvalue weighted by molar-refractivity contribution is 9.10. The maximum Gasteiger partial charge on any atom is 0.122 e. The molecule has 3 heteroatoms. The normalized spacial score (nSPS) is 12.6. The van der Waals surface area contributed by atoms with E-state index in [1.165, 1.54) is 0 Å². The number of benzene rings is 1. The topological polar surface area (TPSA) is 21.3 Å². The predicted molar refractivity (Wildman–Crippen MR) is 85.9 cm³/mol. The first-order chi connectivity index (χ1) is 8.59. The van der Waals surface area contributed by atoms with E-state index in [4.69, 9.17) is 4.74 Å². The van der Waals surface area contributed by atoms with Crippen LogP contribution in [0.5, 0.6) is 5.75 Å². The number of ether oxygens (including phenoxy) is 1. The minimum atomic E-state index is 0.104. The second-order valence-electron chi connectivity index (χ2n) is 6.97. The average molecular weight is 328 g/mol. The molecule has 0 aliphatic heterocycles. The summed E-state index contributed by atoms with van der Waals surface area (Å²) in [4.78, 5) is 0. The van der Waals surface area contributed by atoms with Crippen molar-refractivity contribution in [3.8, 4) is 5.75 Å². The highest BCUT2D eigenvalue weighted by Crippen LogP contribution is 2.24. The Labute approximate surface area is 126 Å². The standard InChI is InChI=1S/C16H26BrNO/c1-12-9-13(17)7-8-14(12)19-11-16(5,6)10-18-15(2,3)4/h7-9,18H,10-11H2,1-6H3. The first-order valence-electron chi connectivity index (χ1n) is 6.73. The maximum absolute atomic E-state index is 5.96. The molecule has 0 spiro atoms. The van der Waals surface area contributed by atoms with Crippen LogP contribution in [0, 0.1) is 12.3 Å². The van der Waals surface area contributed by atoms with Gasteiger partial charge in [0.05, 0.1) is 6.61 Å². The molecule has 0 aromatic heterocycles. The zero-order valence-corrected chi connectivity index (χ0v) is 14.5. The summed E-state index contributed by atoms with van der Waals surface area (Å²) in [5.74, 6) is 0.965. The fraction of sp³-hybridized carbons (Fsp3) is 0.625. The highest BCUT2D eigenvalue weighted by atomic mass is 79.9. The van der Waals surface area contributed by atoms with Crippen molar-refractivity contribution in [2.75, 3.05) is 13.2 Å². The number of nitrogens with one attached hydrogen (secondary N) is 1. The van der Waals surface area contributed by atoms with Gasteiger partial charge < -0.3 is 10.1 Å². The number of hydrogen-bond donors (Lipinski definition) is 1. The lowest BCUT2D eigenvalue weighted by Gasteiger charge is -2.30. The van der Waals surface area contributed by atoms with E-state index >= 15 is 0 Å². The molecule has 0 saturated carbocycles. The zero-order chi connectivity index (χ0) is 14.7. The summed E-state index contributed by atoms with van der Waals surface area (Å²) in [6.07, 6.45) is 0. The van der Waals surface area contributed by atoms with Gasteiger partial charge in [0.25, 0.3) is 0 Å². The van der Waals surface area contributed by atoms with Crippen molar-refractivity contribution in [2.45, 2.75) is 47.1 Å².